The van der Waals surface area contributed by atoms with Gasteiger partial charge in [-0.25, -0.2) is 4.98 Å². The SMILES string of the molecule is Cn1nccc1CCC(=O)N1CCC(N2CCCCCCOc3ccccc3Oc3ncccc3C2)CC1. The number of hydrogen-bond donors (Lipinski definition) is 0. The molecule has 0 radical (unpaired) electrons. The largest absolute Gasteiger partial charge is 0.490 e. The smallest absolute Gasteiger partial charge is 0.223 e. The van der Waals surface area contributed by atoms with Crippen molar-refractivity contribution in [3.05, 3.63) is 66.1 Å². The maximum Gasteiger partial charge on any atom is 0.223 e. The number of pyridine rings is 1. The molecular weight excluding hydrogens is 478 g/mol. The van der Waals surface area contributed by atoms with Crippen LogP contribution in [0, 0.1) is 0 Å². The molecule has 8 nitrogen and oxygen atoms in total. The summed E-state index contributed by atoms with van der Waals surface area (Å²) in [5.41, 5.74) is 2.18. The number of amides is 1. The van der Waals surface area contributed by atoms with Gasteiger partial charge in [0.05, 0.1) is 6.61 Å². The number of rotatable bonds is 4. The van der Waals surface area contributed by atoms with Crippen LogP contribution in [-0.2, 0) is 24.8 Å². The number of carbonyl (C=O) groups excluding carboxylic acids is 1. The molecule has 8 heteroatoms. The van der Waals surface area contributed by atoms with Gasteiger partial charge in [-0.1, -0.05) is 31.0 Å². The summed E-state index contributed by atoms with van der Waals surface area (Å²) >= 11 is 0. The molecule has 2 aromatic heterocycles. The van der Waals surface area contributed by atoms with Crippen LogP contribution in [0.3, 0.4) is 0 Å². The number of ether oxygens (including phenoxy) is 2. The number of piperidine rings is 1. The van der Waals surface area contributed by atoms with Crippen molar-refractivity contribution in [2.75, 3.05) is 26.2 Å². The van der Waals surface area contributed by atoms with Crippen LogP contribution >= 0.6 is 0 Å². The fourth-order valence-corrected chi connectivity index (χ4v) is 5.48. The number of likely N-dealkylation sites (tertiary alicyclic amines) is 1. The number of benzene rings is 1. The van der Waals surface area contributed by atoms with Crippen LogP contribution in [-0.4, -0.2) is 62.8 Å². The molecule has 0 N–H and O–H groups in total. The fraction of sp³-hybridized carbons (Fsp3) is 0.500. The Morgan fingerprint density at radius 3 is 2.58 bits per heavy atom. The standard InChI is InChI=1S/C30H39N5O3/c1-33-25(14-18-32-33)12-13-29(36)34-20-15-26(16-21-34)35-19-6-2-3-7-22-37-27-10-4-5-11-28(27)38-30-24(23-35)9-8-17-31-30/h4-5,8-11,14,17-18,26H,2-3,6-7,12-13,15-16,19-23H2,1H3. The van der Waals surface area contributed by atoms with E-state index < -0.39 is 0 Å². The first kappa shape index (κ1) is 26.2. The number of para-hydroxylation sites is 2. The van der Waals surface area contributed by atoms with Crippen LogP contribution in [0.5, 0.6) is 17.4 Å². The Hall–Kier alpha value is -3.39. The zero-order valence-electron chi connectivity index (χ0n) is 22.4. The molecule has 4 heterocycles. The van der Waals surface area contributed by atoms with Crippen molar-refractivity contribution in [3.8, 4) is 17.4 Å². The molecule has 2 aliphatic rings. The zero-order chi connectivity index (χ0) is 26.2. The average Bonchev–Trinajstić information content (AvgIpc) is 3.36. The minimum absolute atomic E-state index is 0.245. The Balaban J connectivity index is 1.25. The molecule has 0 unspecified atom stereocenters. The van der Waals surface area contributed by atoms with Gasteiger partial charge in [0.25, 0.3) is 0 Å². The molecule has 0 saturated carbocycles. The number of carbonyl (C=O) groups is 1. The summed E-state index contributed by atoms with van der Waals surface area (Å²) in [6.07, 6.45) is 11.3. The van der Waals surface area contributed by atoms with Crippen LogP contribution in [0.25, 0.3) is 0 Å². The molecule has 2 aliphatic heterocycles. The van der Waals surface area contributed by atoms with E-state index in [-0.39, 0.29) is 5.91 Å². The van der Waals surface area contributed by atoms with Gasteiger partial charge in [0.15, 0.2) is 11.5 Å². The van der Waals surface area contributed by atoms with Gasteiger partial charge in [-0.2, -0.15) is 5.10 Å². The fourth-order valence-electron chi connectivity index (χ4n) is 5.48. The van der Waals surface area contributed by atoms with E-state index in [0.717, 1.165) is 81.7 Å². The minimum atomic E-state index is 0.245. The third kappa shape index (κ3) is 6.72. The van der Waals surface area contributed by atoms with Gasteiger partial charge in [0, 0.05) is 62.8 Å². The van der Waals surface area contributed by atoms with Crippen molar-refractivity contribution in [3.63, 3.8) is 0 Å². The molecular formula is C30H39N5O3. The lowest BCUT2D eigenvalue weighted by atomic mass is 10.0. The third-order valence-corrected chi connectivity index (χ3v) is 7.73. The minimum Gasteiger partial charge on any atom is -0.490 e. The van der Waals surface area contributed by atoms with Gasteiger partial charge in [-0.05, 0) is 62.9 Å². The molecule has 1 saturated heterocycles. The predicted molar refractivity (Wildman–Crippen MR) is 146 cm³/mol. The summed E-state index contributed by atoms with van der Waals surface area (Å²) in [5, 5.41) is 4.21. The van der Waals surface area contributed by atoms with Crippen molar-refractivity contribution < 1.29 is 14.3 Å². The molecule has 0 bridgehead atoms. The second-order valence-corrected chi connectivity index (χ2v) is 10.3. The first-order valence-corrected chi connectivity index (χ1v) is 14.0. The molecule has 0 spiro atoms. The van der Waals surface area contributed by atoms with Crippen molar-refractivity contribution in [2.45, 2.75) is 64.0 Å². The van der Waals surface area contributed by atoms with E-state index in [9.17, 15) is 4.79 Å². The monoisotopic (exact) mass is 517 g/mol. The molecule has 0 aliphatic carbocycles. The van der Waals surface area contributed by atoms with E-state index in [4.69, 9.17) is 9.47 Å². The molecule has 1 aromatic carbocycles. The Morgan fingerprint density at radius 2 is 1.76 bits per heavy atom. The van der Waals surface area contributed by atoms with E-state index in [1.54, 1.807) is 12.4 Å². The van der Waals surface area contributed by atoms with Gasteiger partial charge in [-0.3, -0.25) is 14.4 Å². The zero-order valence-corrected chi connectivity index (χ0v) is 22.4. The highest BCUT2D eigenvalue weighted by Crippen LogP contribution is 2.33. The summed E-state index contributed by atoms with van der Waals surface area (Å²) < 4.78 is 14.2. The number of hydrogen-bond acceptors (Lipinski definition) is 6. The molecule has 3 aromatic rings. The van der Waals surface area contributed by atoms with E-state index in [1.807, 2.05) is 53.0 Å². The summed E-state index contributed by atoms with van der Waals surface area (Å²) in [5.74, 6) is 2.34. The van der Waals surface area contributed by atoms with E-state index >= 15 is 0 Å². The highest BCUT2D eigenvalue weighted by Gasteiger charge is 2.28. The van der Waals surface area contributed by atoms with Crippen molar-refractivity contribution in [2.24, 2.45) is 7.05 Å². The highest BCUT2D eigenvalue weighted by molar-refractivity contribution is 5.76. The van der Waals surface area contributed by atoms with Crippen LogP contribution in [0.4, 0.5) is 0 Å². The molecule has 1 amide bonds. The number of aryl methyl sites for hydroxylation is 2. The summed E-state index contributed by atoms with van der Waals surface area (Å²) in [4.78, 5) is 22.1. The van der Waals surface area contributed by atoms with Crippen molar-refractivity contribution >= 4 is 5.91 Å². The predicted octanol–water partition coefficient (Wildman–Crippen LogP) is 4.99. The second-order valence-electron chi connectivity index (χ2n) is 10.3. The van der Waals surface area contributed by atoms with Gasteiger partial charge in [0.1, 0.15) is 0 Å². The number of aromatic nitrogens is 3. The lowest BCUT2D eigenvalue weighted by molar-refractivity contribution is -0.132. The maximum atomic E-state index is 12.9. The average molecular weight is 518 g/mol. The van der Waals surface area contributed by atoms with Crippen LogP contribution in [0.15, 0.2) is 54.9 Å². The van der Waals surface area contributed by atoms with E-state index in [1.165, 1.54) is 6.42 Å². The molecule has 1 fully saturated rings. The Kier molecular flexibility index (Phi) is 8.91. The number of nitrogens with zero attached hydrogens (tertiary/aromatic N) is 5. The Bertz CT molecular complexity index is 1190. The van der Waals surface area contributed by atoms with Crippen molar-refractivity contribution in [1.82, 2.24) is 24.6 Å². The van der Waals surface area contributed by atoms with Gasteiger partial charge in [-0.15, -0.1) is 0 Å². The molecule has 0 atom stereocenters. The Morgan fingerprint density at radius 1 is 0.947 bits per heavy atom. The van der Waals surface area contributed by atoms with Gasteiger partial charge in [0.2, 0.25) is 11.8 Å². The molecule has 202 valence electrons. The lowest BCUT2D eigenvalue weighted by Gasteiger charge is -2.39. The van der Waals surface area contributed by atoms with E-state index in [2.05, 4.69) is 21.0 Å². The van der Waals surface area contributed by atoms with Crippen LogP contribution in [0.1, 0.15) is 56.2 Å². The van der Waals surface area contributed by atoms with E-state index in [0.29, 0.717) is 30.7 Å². The number of fused-ring (bicyclic) bond motifs is 2. The first-order chi connectivity index (χ1) is 18.7. The summed E-state index contributed by atoms with van der Waals surface area (Å²) in [6.45, 7) is 4.13. The van der Waals surface area contributed by atoms with Crippen molar-refractivity contribution in [1.29, 1.82) is 0 Å². The summed E-state index contributed by atoms with van der Waals surface area (Å²) in [7, 11) is 1.93. The van der Waals surface area contributed by atoms with Gasteiger partial charge < -0.3 is 14.4 Å². The molecule has 5 rings (SSSR count). The van der Waals surface area contributed by atoms with Gasteiger partial charge >= 0.3 is 0 Å². The third-order valence-electron chi connectivity index (χ3n) is 7.73. The lowest BCUT2D eigenvalue weighted by Crippen LogP contribution is -2.47. The normalized spacial score (nSPS) is 18.0. The van der Waals surface area contributed by atoms with Crippen LogP contribution in [0.2, 0.25) is 0 Å². The Labute approximate surface area is 225 Å². The quantitative estimate of drug-likeness (QED) is 0.486. The second kappa shape index (κ2) is 12.9. The highest BCUT2D eigenvalue weighted by atomic mass is 16.5. The summed E-state index contributed by atoms with van der Waals surface area (Å²) in [6, 6.07) is 14.4. The topological polar surface area (TPSA) is 72.7 Å². The van der Waals surface area contributed by atoms with Crippen LogP contribution < -0.4 is 9.47 Å². The molecule has 38 heavy (non-hydrogen) atoms. The maximum absolute atomic E-state index is 12.9. The first-order valence-electron chi connectivity index (χ1n) is 14.0.